The molecule has 24 atom stereocenters. The van der Waals surface area contributed by atoms with Gasteiger partial charge in [-0.25, -0.2) is 63.1 Å². The predicted octanol–water partition coefficient (Wildman–Crippen LogP) is 17.7. The van der Waals surface area contributed by atoms with Crippen LogP contribution in [0, 0.1) is 87.3 Å². The Morgan fingerprint density at radius 1 is 0.408 bits per heavy atom. The number of carbonyl (C=O) groups is 6. The Hall–Kier alpha value is -8.91. The summed E-state index contributed by atoms with van der Waals surface area (Å²) in [6.07, 6.45) is 0.956. The van der Waals surface area contributed by atoms with Crippen molar-refractivity contribution in [1.82, 2.24) is 60.6 Å². The molecule has 6 bridgehead atoms. The first kappa shape index (κ1) is 110. The molecule has 6 saturated carbocycles. The van der Waals surface area contributed by atoms with E-state index in [-0.39, 0.29) is 146 Å². The average Bonchev–Trinajstić information content (AvgIpc) is 1.59. The first-order valence-corrected chi connectivity index (χ1v) is 48.6. The number of hydrogen-bond acceptors (Lipinski definition) is 22. The number of nitrogens with zero attached hydrogens (tertiary/aromatic N) is 9. The molecule has 42 heteroatoms. The van der Waals surface area contributed by atoms with Gasteiger partial charge in [-0.05, 0) is 226 Å². The molecule has 12 aliphatic rings. The Bertz CT molecular complexity index is 5640. The summed E-state index contributed by atoms with van der Waals surface area (Å²) in [5.41, 5.74) is -3.19. The van der Waals surface area contributed by atoms with Crippen LogP contribution in [0.15, 0.2) is 54.6 Å². The molecule has 28 nitrogen and oxygen atoms in total. The average molecular weight is 2110 g/mol. The van der Waals surface area contributed by atoms with E-state index in [1.807, 2.05) is 67.3 Å². The van der Waals surface area contributed by atoms with Gasteiger partial charge in [0.15, 0.2) is 5.69 Å². The summed E-state index contributed by atoms with van der Waals surface area (Å²) in [7, 11) is 0. The van der Waals surface area contributed by atoms with Crippen molar-refractivity contribution in [3.05, 3.63) is 82.8 Å². The summed E-state index contributed by atoms with van der Waals surface area (Å²) in [5.74, 6) is -4.35. The first-order chi connectivity index (χ1) is 65.5. The molecular weight excluding hydrogens is 1990 g/mol. The van der Waals surface area contributed by atoms with Gasteiger partial charge in [-0.2, -0.15) is 35.1 Å². The third-order valence-electron chi connectivity index (χ3n) is 30.6. The van der Waals surface area contributed by atoms with Crippen LogP contribution in [-0.2, 0) is 130 Å². The molecule has 6 unspecified atom stereocenters. The van der Waals surface area contributed by atoms with Gasteiger partial charge < -0.3 is 78.2 Å². The zero-order valence-electron chi connectivity index (χ0n) is 81.1. The van der Waals surface area contributed by atoms with E-state index in [9.17, 15) is 82.7 Å². The molecule has 18 rings (SSSR count). The number of alkyl carbamates (subject to hydrolysis) is 3. The van der Waals surface area contributed by atoms with E-state index in [4.69, 9.17) is 33.4 Å². The first-order valence-electron chi connectivity index (χ1n) is 48.6. The van der Waals surface area contributed by atoms with Gasteiger partial charge in [0.2, 0.25) is 35.4 Å². The van der Waals surface area contributed by atoms with E-state index >= 15 is 8.78 Å². The molecule has 0 spiro atoms. The Balaban J connectivity index is 0.000000177. The number of fused-ring (bicyclic) bond motifs is 21. The minimum atomic E-state index is -5.00. The number of nitrogens with one attached hydrogen (secondary N) is 3. The number of alkyl halides is 11. The molecule has 9 fully saturated rings. The van der Waals surface area contributed by atoms with E-state index in [2.05, 4.69) is 45.6 Å². The third-order valence-corrected chi connectivity index (χ3v) is 30.6. The normalized spacial score (nSPS) is 31.8. The quantitative estimate of drug-likeness (QED) is 0.0820. The van der Waals surface area contributed by atoms with Gasteiger partial charge in [0.05, 0.1) is 63.9 Å². The third kappa shape index (κ3) is 24.5. The van der Waals surface area contributed by atoms with Crippen LogP contribution in [-0.4, -0.2) is 198 Å². The minimum absolute atomic E-state index is 0. The maximum absolute atomic E-state index is 16.0. The van der Waals surface area contributed by atoms with Crippen LogP contribution in [0.4, 0.5) is 62.7 Å². The number of benzene rings is 3. The zero-order valence-corrected chi connectivity index (χ0v) is 85.3. The summed E-state index contributed by atoms with van der Waals surface area (Å²) in [6.45, 7) is 21.2. The zero-order chi connectivity index (χ0) is 100.0. The Kier molecular flexibility index (Phi) is 33.6. The van der Waals surface area contributed by atoms with Gasteiger partial charge in [-0.1, -0.05) is 140 Å². The molecular formula is C100H120F11N12O16V3-3. The maximum atomic E-state index is 16.0. The number of rotatable bonds is 5. The van der Waals surface area contributed by atoms with Gasteiger partial charge in [0.25, 0.3) is 5.92 Å². The van der Waals surface area contributed by atoms with Crippen molar-refractivity contribution >= 4 is 88.0 Å². The number of aryl methyl sites for hydroxylation is 2. The predicted molar refractivity (Wildman–Crippen MR) is 480 cm³/mol. The largest absolute Gasteiger partial charge is 0.573 e. The minimum Gasteiger partial charge on any atom is -0.540 e. The van der Waals surface area contributed by atoms with Crippen LogP contribution in [0.5, 0.6) is 23.4 Å². The van der Waals surface area contributed by atoms with Crippen LogP contribution < -0.4 is 34.9 Å². The maximum Gasteiger partial charge on any atom is 0.573 e. The molecule has 6 aromatic rings. The molecule has 3 aromatic heterocycles. The molecule has 3 aromatic carbocycles. The van der Waals surface area contributed by atoms with Crippen LogP contribution in [0.3, 0.4) is 0 Å². The van der Waals surface area contributed by atoms with Crippen molar-refractivity contribution in [2.24, 2.45) is 87.3 Å². The second-order valence-electron chi connectivity index (χ2n) is 43.3. The van der Waals surface area contributed by atoms with Gasteiger partial charge in [-0.15, -0.1) is 13.2 Å². The summed E-state index contributed by atoms with van der Waals surface area (Å²) in [4.78, 5) is 149. The van der Waals surface area contributed by atoms with E-state index < -0.39 is 190 Å². The monoisotopic (exact) mass is 2110 g/mol. The number of hydrogen-bond donors (Lipinski definition) is 3. The van der Waals surface area contributed by atoms with Crippen molar-refractivity contribution in [3.8, 4) is 23.4 Å². The van der Waals surface area contributed by atoms with Crippen LogP contribution >= 0.6 is 0 Å². The Morgan fingerprint density at radius 2 is 0.761 bits per heavy atom. The SMILES string of the molecule is CC[C@@H]1[C@@H]2CN(C(=O)[C@H](C(C)(C)C)NC(=O)O[C@@H]3CC4CC4[C@H]3CCCCCc3nc4ccc(C(F)(F)F)cc4nc3O2)[C@@H]1[C-]=O.C[C@@H]1[C@@H]2CN(C(=O)[C@H](C(C)(C)C)NC(=O)O[C@@H]3CC4CC4[C@H]3CCCCC(F)(F)c3nc4ccc(OC(F)(F)F)cc4nc3O2)[C@@H]1[C-]=O.C[C@@H]1[C@@H]2CN(C(=O)[C@H](C(C)(C)C)NC(=O)O[C@@H]3CC4CC4[C@H]3CCCCCc3nc4ccc(C(F)(F)F)cc4nc3O2)[C@@H]1[C-]=O.[V].[V].[V]. The number of aromatic nitrogens is 6. The van der Waals surface area contributed by atoms with Crippen LogP contribution in [0.25, 0.3) is 33.1 Å². The number of halogens is 11. The molecule has 771 valence electrons. The second kappa shape index (κ2) is 43.3. The fourth-order valence-electron chi connectivity index (χ4n) is 22.8. The van der Waals surface area contributed by atoms with Crippen LogP contribution in [0.1, 0.15) is 233 Å². The standard InChI is InChI=1S/C34H42F3N4O5.C33H38F5N4O6.C33H40F3N4O5.3V/c1-5-20-26(17-42)41-16-28(20)45-30-24(38-23-12-11-19(34(35,36)37)15-25(23)39-30)10-8-6-7-9-21-22-13-18(22)14-27(21)46-32(44)40-29(31(41)43)33(2,3)4;1-16-23(15-43)42-14-25(16)46-28-26(39-21-9-8-18(13-22(21)40-28)48-33(36,37)38)32(34,35)10-6-5-7-19-20-11-17(20)12-24(19)47-30(45)41-27(29(42)44)31(2,3)4;1-17-25(16-41)40-15-27(17)44-29-23(37-22-11-10-19(33(34,35)36)14-24(22)38-29)9-7-5-6-8-20-21-12-18(21)13-26(20)45-31(43)39-28(30(40)42)32(2,3)4;;;/h11-12,15,18,20-22,26-29H,5-10,13-14,16H2,1-4H3,(H,40,44);8-9,13,16-17,19-20,23-25,27H,5-7,10-12,14H2,1-4H3,(H,41,45);10-11,14,17-18,20-21,25-28H,5-9,12-13,15H2,1-4H3,(H,39,43);;;/q3*-1;;;/t18?,20-,21+,22?,26+,27+,28-,29+;16-,17?,19+,20?,23+,24+,25-,27+;17-,18?,20+,21?,25+,26+,27-,28+;;;/m000.../s1. The Morgan fingerprint density at radius 3 is 1.14 bits per heavy atom. The molecule has 9 heterocycles. The van der Waals surface area contributed by atoms with E-state index in [1.165, 1.54) is 26.8 Å². The number of ether oxygens (including phenoxy) is 7. The summed E-state index contributed by atoms with van der Waals surface area (Å²) in [6, 6.07) is 3.36. The Labute approximate surface area is 852 Å². The smallest absolute Gasteiger partial charge is 0.540 e. The molecule has 6 aliphatic heterocycles. The van der Waals surface area contributed by atoms with Crippen molar-refractivity contribution in [2.45, 2.75) is 315 Å². The van der Waals surface area contributed by atoms with Gasteiger partial charge >= 0.3 is 37.0 Å². The molecule has 3 saturated heterocycles. The fraction of sp³-hybridized carbons (Fsp3) is 0.670. The second-order valence-corrected chi connectivity index (χ2v) is 43.3. The summed E-state index contributed by atoms with van der Waals surface area (Å²) < 4.78 is 193. The van der Waals surface area contributed by atoms with Crippen molar-refractivity contribution in [1.29, 1.82) is 0 Å². The number of carbonyl (C=O) groups excluding carboxylic acids is 9. The molecule has 6 aliphatic carbocycles. The van der Waals surface area contributed by atoms with Gasteiger partial charge in [-0.3, -0.25) is 14.4 Å². The fourth-order valence-corrected chi connectivity index (χ4v) is 22.8. The van der Waals surface area contributed by atoms with E-state index in [1.54, 1.807) is 34.6 Å². The summed E-state index contributed by atoms with van der Waals surface area (Å²) >= 11 is 0. The molecule has 6 amide bonds. The number of amides is 6. The molecule has 142 heavy (non-hydrogen) atoms. The van der Waals surface area contributed by atoms with E-state index in [0.717, 1.165) is 126 Å². The van der Waals surface area contributed by atoms with Gasteiger partial charge in [0.1, 0.15) is 71.9 Å². The van der Waals surface area contributed by atoms with Crippen molar-refractivity contribution < 1.29 is 180 Å². The molecule has 3 radical (unpaired) electrons. The van der Waals surface area contributed by atoms with E-state index in [0.29, 0.717) is 96.5 Å². The van der Waals surface area contributed by atoms with Crippen LogP contribution in [0.2, 0.25) is 0 Å². The topological polar surface area (TPSA) is 341 Å². The molecule has 3 N–H and O–H groups in total. The van der Waals surface area contributed by atoms with Gasteiger partial charge in [0, 0.05) is 68.2 Å². The summed E-state index contributed by atoms with van der Waals surface area (Å²) in [5, 5.41) is 8.37. The van der Waals surface area contributed by atoms with Crippen molar-refractivity contribution in [3.63, 3.8) is 0 Å². The van der Waals surface area contributed by atoms with Crippen molar-refractivity contribution in [2.75, 3.05) is 19.6 Å².